The summed E-state index contributed by atoms with van der Waals surface area (Å²) < 4.78 is 9.32. The summed E-state index contributed by atoms with van der Waals surface area (Å²) in [6, 6.07) is 32.1. The lowest BCUT2D eigenvalue weighted by Gasteiger charge is -2.39. The zero-order valence-corrected chi connectivity index (χ0v) is 19.4. The van der Waals surface area contributed by atoms with Crippen molar-refractivity contribution in [3.05, 3.63) is 118 Å². The standard InChI is InChI=1S/C28H29IO/c29-21-20-27(22-23-12-10-11-13-23)30-28(24-14-4-1-5-15-24,25-16-6-2-7-17-25)26-18-8-3-9-19-26/h1-9,14-21,23,27H,10-13,22H2. The van der Waals surface area contributed by atoms with E-state index in [1.54, 1.807) is 0 Å². The maximum atomic E-state index is 7.21. The summed E-state index contributed by atoms with van der Waals surface area (Å²) in [5.74, 6) is 0.752. The van der Waals surface area contributed by atoms with Gasteiger partial charge in [0.25, 0.3) is 0 Å². The molecule has 0 spiro atoms. The first-order valence-electron chi connectivity index (χ1n) is 10.9. The molecule has 4 rings (SSSR count). The van der Waals surface area contributed by atoms with Crippen molar-refractivity contribution in [2.75, 3.05) is 0 Å². The van der Waals surface area contributed by atoms with Crippen molar-refractivity contribution >= 4 is 22.6 Å². The van der Waals surface area contributed by atoms with E-state index >= 15 is 0 Å². The minimum atomic E-state index is -0.650. The first-order chi connectivity index (χ1) is 14.8. The predicted molar refractivity (Wildman–Crippen MR) is 134 cm³/mol. The number of halogens is 1. The van der Waals surface area contributed by atoms with Gasteiger partial charge in [-0.05, 0) is 39.2 Å². The second-order valence-electron chi connectivity index (χ2n) is 8.14. The minimum Gasteiger partial charge on any atom is -0.354 e. The third kappa shape index (κ3) is 4.70. The Hall–Kier alpha value is -1.91. The first-order valence-corrected chi connectivity index (χ1v) is 12.2. The molecule has 30 heavy (non-hydrogen) atoms. The van der Waals surface area contributed by atoms with E-state index in [4.69, 9.17) is 4.74 Å². The second-order valence-corrected chi connectivity index (χ2v) is 8.86. The van der Waals surface area contributed by atoms with E-state index in [9.17, 15) is 0 Å². The van der Waals surface area contributed by atoms with Crippen molar-refractivity contribution in [3.8, 4) is 0 Å². The predicted octanol–water partition coefficient (Wildman–Crippen LogP) is 7.89. The quantitative estimate of drug-likeness (QED) is 0.222. The van der Waals surface area contributed by atoms with Gasteiger partial charge >= 0.3 is 0 Å². The molecule has 1 fully saturated rings. The molecule has 0 N–H and O–H groups in total. The number of hydrogen-bond acceptors (Lipinski definition) is 1. The lowest BCUT2D eigenvalue weighted by atomic mass is 9.79. The van der Waals surface area contributed by atoms with Gasteiger partial charge in [-0.1, -0.05) is 139 Å². The third-order valence-electron chi connectivity index (χ3n) is 6.20. The summed E-state index contributed by atoms with van der Waals surface area (Å²) in [6.07, 6.45) is 8.73. The van der Waals surface area contributed by atoms with Gasteiger partial charge in [0.1, 0.15) is 5.60 Å². The molecule has 0 heterocycles. The number of ether oxygens (including phenoxy) is 1. The summed E-state index contributed by atoms with van der Waals surface area (Å²) in [4.78, 5) is 0. The van der Waals surface area contributed by atoms with E-state index in [0.717, 1.165) is 12.3 Å². The summed E-state index contributed by atoms with van der Waals surface area (Å²) in [5, 5.41) is 0. The fourth-order valence-electron chi connectivity index (χ4n) is 4.77. The zero-order valence-electron chi connectivity index (χ0n) is 17.3. The van der Waals surface area contributed by atoms with Crippen LogP contribution in [0.15, 0.2) is 101 Å². The van der Waals surface area contributed by atoms with Crippen molar-refractivity contribution < 1.29 is 4.74 Å². The Kier molecular flexibility index (Phi) is 7.40. The summed E-state index contributed by atoms with van der Waals surface area (Å²) in [6.45, 7) is 0. The third-order valence-corrected chi connectivity index (χ3v) is 6.61. The summed E-state index contributed by atoms with van der Waals surface area (Å²) in [5.41, 5.74) is 2.85. The normalized spacial score (nSPS) is 16.2. The van der Waals surface area contributed by atoms with Crippen LogP contribution in [0.1, 0.15) is 48.8 Å². The van der Waals surface area contributed by atoms with E-state index in [0.29, 0.717) is 0 Å². The van der Waals surface area contributed by atoms with E-state index in [1.807, 2.05) is 0 Å². The highest BCUT2D eigenvalue weighted by atomic mass is 127. The molecule has 1 saturated carbocycles. The highest BCUT2D eigenvalue weighted by Gasteiger charge is 2.39. The van der Waals surface area contributed by atoms with E-state index in [-0.39, 0.29) is 6.10 Å². The van der Waals surface area contributed by atoms with Gasteiger partial charge in [0.2, 0.25) is 0 Å². The Morgan fingerprint density at radius 2 is 1.20 bits per heavy atom. The fourth-order valence-corrected chi connectivity index (χ4v) is 5.23. The highest BCUT2D eigenvalue weighted by molar-refractivity contribution is 14.1. The van der Waals surface area contributed by atoms with Gasteiger partial charge in [0, 0.05) is 0 Å². The van der Waals surface area contributed by atoms with Crippen molar-refractivity contribution in [2.45, 2.75) is 43.8 Å². The summed E-state index contributed by atoms with van der Waals surface area (Å²) >= 11 is 2.32. The van der Waals surface area contributed by atoms with Crippen LogP contribution in [0.4, 0.5) is 0 Å². The molecule has 0 aliphatic heterocycles. The maximum absolute atomic E-state index is 7.21. The van der Waals surface area contributed by atoms with Crippen molar-refractivity contribution in [1.82, 2.24) is 0 Å². The highest BCUT2D eigenvalue weighted by Crippen LogP contribution is 2.43. The molecule has 154 valence electrons. The van der Waals surface area contributed by atoms with Crippen LogP contribution in [0.2, 0.25) is 0 Å². The van der Waals surface area contributed by atoms with Crippen LogP contribution < -0.4 is 0 Å². The van der Waals surface area contributed by atoms with E-state index < -0.39 is 5.60 Å². The molecule has 0 bridgehead atoms. The SMILES string of the molecule is IC=CC(CC1CCCC1)OC(c1ccccc1)(c1ccccc1)c1ccccc1. The number of rotatable bonds is 8. The number of hydrogen-bond donors (Lipinski definition) is 0. The average Bonchev–Trinajstić information content (AvgIpc) is 3.32. The van der Waals surface area contributed by atoms with Crippen LogP contribution in [0.3, 0.4) is 0 Å². The van der Waals surface area contributed by atoms with Gasteiger partial charge in [-0.3, -0.25) is 0 Å². The molecule has 2 heteroatoms. The van der Waals surface area contributed by atoms with E-state index in [1.165, 1.54) is 42.4 Å². The van der Waals surface area contributed by atoms with Crippen LogP contribution >= 0.6 is 22.6 Å². The monoisotopic (exact) mass is 508 g/mol. The van der Waals surface area contributed by atoms with E-state index in [2.05, 4.69) is 124 Å². The molecule has 0 saturated heterocycles. The molecule has 1 unspecified atom stereocenters. The van der Waals surface area contributed by atoms with Crippen molar-refractivity contribution in [2.24, 2.45) is 5.92 Å². The molecule has 3 aromatic rings. The molecule has 1 aliphatic rings. The van der Waals surface area contributed by atoms with Gasteiger partial charge in [-0.25, -0.2) is 0 Å². The lowest BCUT2D eigenvalue weighted by Crippen LogP contribution is -2.37. The topological polar surface area (TPSA) is 9.23 Å². The fraction of sp³-hybridized carbons (Fsp3) is 0.286. The molecule has 0 radical (unpaired) electrons. The largest absolute Gasteiger partial charge is 0.354 e. The zero-order chi connectivity index (χ0) is 20.7. The molecular formula is C28H29IO. The first kappa shape index (κ1) is 21.3. The van der Waals surface area contributed by atoms with Crippen LogP contribution in [-0.4, -0.2) is 6.10 Å². The van der Waals surface area contributed by atoms with Crippen LogP contribution in [0.25, 0.3) is 0 Å². The summed E-state index contributed by atoms with van der Waals surface area (Å²) in [7, 11) is 0. The Labute approximate surface area is 194 Å². The Morgan fingerprint density at radius 1 is 0.767 bits per heavy atom. The second kappa shape index (κ2) is 10.4. The lowest BCUT2D eigenvalue weighted by molar-refractivity contribution is -0.0336. The number of benzene rings is 3. The molecule has 3 aromatic carbocycles. The van der Waals surface area contributed by atoms with Gasteiger partial charge in [0.15, 0.2) is 0 Å². The van der Waals surface area contributed by atoms with Crippen molar-refractivity contribution in [3.63, 3.8) is 0 Å². The molecule has 1 nitrogen and oxygen atoms in total. The average molecular weight is 508 g/mol. The molecule has 0 amide bonds. The molecular weight excluding hydrogens is 479 g/mol. The van der Waals surface area contributed by atoms with Gasteiger partial charge < -0.3 is 4.74 Å². The molecule has 0 aromatic heterocycles. The van der Waals surface area contributed by atoms with Crippen LogP contribution in [0.5, 0.6) is 0 Å². The van der Waals surface area contributed by atoms with Crippen LogP contribution in [0, 0.1) is 5.92 Å². The van der Waals surface area contributed by atoms with Gasteiger partial charge in [-0.2, -0.15) is 0 Å². The minimum absolute atomic E-state index is 0.0608. The maximum Gasteiger partial charge on any atom is 0.144 e. The smallest absolute Gasteiger partial charge is 0.144 e. The molecule has 1 atom stereocenters. The Balaban J connectivity index is 1.85. The van der Waals surface area contributed by atoms with Gasteiger partial charge in [0.05, 0.1) is 6.10 Å². The van der Waals surface area contributed by atoms with Crippen molar-refractivity contribution in [1.29, 1.82) is 0 Å². The van der Waals surface area contributed by atoms with Crippen LogP contribution in [-0.2, 0) is 10.3 Å². The molecule has 1 aliphatic carbocycles. The Bertz CT molecular complexity index is 818. The Morgan fingerprint density at radius 3 is 1.60 bits per heavy atom. The van der Waals surface area contributed by atoms with Gasteiger partial charge in [-0.15, -0.1) is 0 Å².